The molecule has 0 amide bonds. The third-order valence-corrected chi connectivity index (χ3v) is 5.80. The molecule has 1 N–H and O–H groups in total. The average molecular weight is 379 g/mol. The fraction of sp³-hybridized carbons (Fsp3) is 0.235. The molecule has 1 heterocycles. The molecule has 2 aromatic carbocycles. The molecule has 26 heavy (non-hydrogen) atoms. The number of hydrogen-bond acceptors (Lipinski definition) is 5. The Morgan fingerprint density at radius 3 is 2.50 bits per heavy atom. The molecule has 1 fully saturated rings. The van der Waals surface area contributed by atoms with Crippen LogP contribution in [0.4, 0.5) is 8.78 Å². The van der Waals surface area contributed by atoms with Gasteiger partial charge in [-0.1, -0.05) is 0 Å². The van der Waals surface area contributed by atoms with E-state index >= 15 is 0 Å². The van der Waals surface area contributed by atoms with E-state index in [0.29, 0.717) is 13.1 Å². The lowest BCUT2D eigenvalue weighted by molar-refractivity contribution is 0.357. The summed E-state index contributed by atoms with van der Waals surface area (Å²) in [5.41, 5.74) is 0.116. The standard InChI is InChI=1S/C17H15F2N3O3S/c18-13-2-3-14(19)16(10-13)25-15-4-1-12(11-20)9-17(15)26(23,24)22-7-5-21-6-8-22/h1-4,9-10,21H,5-8H2. The summed E-state index contributed by atoms with van der Waals surface area (Å²) < 4.78 is 59.8. The van der Waals surface area contributed by atoms with Gasteiger partial charge in [0.25, 0.3) is 0 Å². The Labute approximate surface area is 149 Å². The summed E-state index contributed by atoms with van der Waals surface area (Å²) in [5.74, 6) is -2.17. The van der Waals surface area contributed by atoms with E-state index in [1.165, 1.54) is 22.5 Å². The van der Waals surface area contributed by atoms with Gasteiger partial charge in [-0.2, -0.15) is 9.57 Å². The van der Waals surface area contributed by atoms with Crippen LogP contribution < -0.4 is 10.1 Å². The third-order valence-electron chi connectivity index (χ3n) is 3.88. The summed E-state index contributed by atoms with van der Waals surface area (Å²) in [6.07, 6.45) is 0. The number of halogens is 2. The van der Waals surface area contributed by atoms with Crippen molar-refractivity contribution in [2.24, 2.45) is 0 Å². The summed E-state index contributed by atoms with van der Waals surface area (Å²) in [6, 6.07) is 8.30. The molecule has 0 unspecified atom stereocenters. The zero-order valence-corrected chi connectivity index (χ0v) is 14.4. The smallest absolute Gasteiger partial charge is 0.246 e. The normalized spacial score (nSPS) is 15.4. The van der Waals surface area contributed by atoms with Crippen molar-refractivity contribution in [3.05, 3.63) is 53.6 Å². The van der Waals surface area contributed by atoms with Gasteiger partial charge in [0, 0.05) is 32.2 Å². The zero-order chi connectivity index (χ0) is 18.7. The summed E-state index contributed by atoms with van der Waals surface area (Å²) >= 11 is 0. The Bertz CT molecular complexity index is 968. The monoisotopic (exact) mass is 379 g/mol. The highest BCUT2D eigenvalue weighted by atomic mass is 32.2. The number of benzene rings is 2. The highest BCUT2D eigenvalue weighted by molar-refractivity contribution is 7.89. The molecule has 0 spiro atoms. The second-order valence-electron chi connectivity index (χ2n) is 5.60. The Balaban J connectivity index is 2.06. The van der Waals surface area contributed by atoms with Crippen LogP contribution in [0.5, 0.6) is 11.5 Å². The summed E-state index contributed by atoms with van der Waals surface area (Å²) in [7, 11) is -3.97. The van der Waals surface area contributed by atoms with Gasteiger partial charge in [0.05, 0.1) is 11.6 Å². The number of rotatable bonds is 4. The van der Waals surface area contributed by atoms with Crippen molar-refractivity contribution in [1.82, 2.24) is 9.62 Å². The Morgan fingerprint density at radius 1 is 1.08 bits per heavy atom. The molecule has 136 valence electrons. The first kappa shape index (κ1) is 18.3. The molecule has 0 aromatic heterocycles. The number of nitrogens with one attached hydrogen (secondary N) is 1. The van der Waals surface area contributed by atoms with Crippen molar-refractivity contribution < 1.29 is 21.9 Å². The number of nitriles is 1. The number of piperazine rings is 1. The van der Waals surface area contributed by atoms with E-state index in [1.54, 1.807) is 0 Å². The van der Waals surface area contributed by atoms with Gasteiger partial charge in [-0.3, -0.25) is 0 Å². The lowest BCUT2D eigenvalue weighted by atomic mass is 10.2. The van der Waals surface area contributed by atoms with Crippen molar-refractivity contribution in [3.63, 3.8) is 0 Å². The summed E-state index contributed by atoms with van der Waals surface area (Å²) in [5, 5.41) is 12.1. The third kappa shape index (κ3) is 3.67. The van der Waals surface area contributed by atoms with E-state index < -0.39 is 27.4 Å². The van der Waals surface area contributed by atoms with E-state index in [4.69, 9.17) is 10.00 Å². The molecule has 9 heteroatoms. The molecule has 1 aliphatic heterocycles. The molecule has 1 aliphatic rings. The lowest BCUT2D eigenvalue weighted by Gasteiger charge is -2.27. The maximum absolute atomic E-state index is 13.9. The van der Waals surface area contributed by atoms with Crippen molar-refractivity contribution in [2.75, 3.05) is 26.2 Å². The number of nitrogens with zero attached hydrogens (tertiary/aromatic N) is 2. The molecule has 1 saturated heterocycles. The van der Waals surface area contributed by atoms with Crippen LogP contribution in [0.15, 0.2) is 41.3 Å². The van der Waals surface area contributed by atoms with Crippen LogP contribution in [0.2, 0.25) is 0 Å². The molecule has 0 saturated carbocycles. The molecular formula is C17H15F2N3O3S. The molecule has 0 atom stereocenters. The van der Waals surface area contributed by atoms with Crippen molar-refractivity contribution in [2.45, 2.75) is 4.90 Å². The minimum Gasteiger partial charge on any atom is -0.453 e. The van der Waals surface area contributed by atoms with Crippen LogP contribution in [0, 0.1) is 23.0 Å². The minimum absolute atomic E-state index is 0.116. The lowest BCUT2D eigenvalue weighted by Crippen LogP contribution is -2.46. The van der Waals surface area contributed by atoms with Crippen molar-refractivity contribution >= 4 is 10.0 Å². The number of sulfonamides is 1. The van der Waals surface area contributed by atoms with Crippen LogP contribution in [0.1, 0.15) is 5.56 Å². The van der Waals surface area contributed by atoms with Gasteiger partial charge in [0.1, 0.15) is 16.5 Å². The topological polar surface area (TPSA) is 82.4 Å². The minimum atomic E-state index is -3.97. The number of ether oxygens (including phenoxy) is 1. The van der Waals surface area contributed by atoms with Gasteiger partial charge in [-0.05, 0) is 30.3 Å². The van der Waals surface area contributed by atoms with Gasteiger partial charge >= 0.3 is 0 Å². The fourth-order valence-corrected chi connectivity index (χ4v) is 4.14. The molecule has 0 radical (unpaired) electrons. The first-order valence-corrected chi connectivity index (χ1v) is 9.24. The molecule has 0 bridgehead atoms. The van der Waals surface area contributed by atoms with E-state index in [9.17, 15) is 17.2 Å². The van der Waals surface area contributed by atoms with Crippen molar-refractivity contribution in [3.8, 4) is 17.6 Å². The van der Waals surface area contributed by atoms with Crippen LogP contribution in [0.3, 0.4) is 0 Å². The molecule has 0 aliphatic carbocycles. The molecule has 2 aromatic rings. The van der Waals surface area contributed by atoms with E-state index in [-0.39, 0.29) is 29.3 Å². The van der Waals surface area contributed by atoms with E-state index in [2.05, 4.69) is 5.32 Å². The second-order valence-corrected chi connectivity index (χ2v) is 7.51. The molecule has 6 nitrogen and oxygen atoms in total. The zero-order valence-electron chi connectivity index (χ0n) is 13.6. The van der Waals surface area contributed by atoms with Crippen LogP contribution in [0.25, 0.3) is 0 Å². The average Bonchev–Trinajstić information content (AvgIpc) is 2.65. The van der Waals surface area contributed by atoms with Crippen LogP contribution >= 0.6 is 0 Å². The predicted octanol–water partition coefficient (Wildman–Crippen LogP) is 2.22. The maximum Gasteiger partial charge on any atom is 0.246 e. The highest BCUT2D eigenvalue weighted by Gasteiger charge is 2.29. The Morgan fingerprint density at radius 2 is 1.81 bits per heavy atom. The highest BCUT2D eigenvalue weighted by Crippen LogP contribution is 2.33. The van der Waals surface area contributed by atoms with Gasteiger partial charge in [-0.15, -0.1) is 0 Å². The first-order chi connectivity index (χ1) is 12.4. The van der Waals surface area contributed by atoms with Gasteiger partial charge in [0.2, 0.25) is 10.0 Å². The van der Waals surface area contributed by atoms with Gasteiger partial charge in [-0.25, -0.2) is 17.2 Å². The van der Waals surface area contributed by atoms with E-state index in [0.717, 1.165) is 18.2 Å². The Kier molecular flexibility index (Phi) is 5.18. The quantitative estimate of drug-likeness (QED) is 0.881. The van der Waals surface area contributed by atoms with E-state index in [1.807, 2.05) is 6.07 Å². The fourth-order valence-electron chi connectivity index (χ4n) is 2.56. The summed E-state index contributed by atoms with van der Waals surface area (Å²) in [4.78, 5) is -0.262. The number of hydrogen-bond donors (Lipinski definition) is 1. The van der Waals surface area contributed by atoms with Gasteiger partial charge in [0.15, 0.2) is 11.6 Å². The maximum atomic E-state index is 13.9. The van der Waals surface area contributed by atoms with Crippen molar-refractivity contribution in [1.29, 1.82) is 5.26 Å². The Hall–Kier alpha value is -2.54. The summed E-state index contributed by atoms with van der Waals surface area (Å²) in [6.45, 7) is 1.50. The molecule has 3 rings (SSSR count). The largest absolute Gasteiger partial charge is 0.453 e. The predicted molar refractivity (Wildman–Crippen MR) is 89.2 cm³/mol. The van der Waals surface area contributed by atoms with Crippen LogP contribution in [-0.2, 0) is 10.0 Å². The SMILES string of the molecule is N#Cc1ccc(Oc2cc(F)ccc2F)c(S(=O)(=O)N2CCNCC2)c1. The van der Waals surface area contributed by atoms with Gasteiger partial charge < -0.3 is 10.1 Å². The molecular weight excluding hydrogens is 364 g/mol. The first-order valence-electron chi connectivity index (χ1n) is 7.80. The van der Waals surface area contributed by atoms with Crippen LogP contribution in [-0.4, -0.2) is 38.9 Å². The second kappa shape index (κ2) is 7.37.